The summed E-state index contributed by atoms with van der Waals surface area (Å²) >= 11 is 0. The van der Waals surface area contributed by atoms with Crippen molar-refractivity contribution in [3.63, 3.8) is 0 Å². The number of para-hydroxylation sites is 1. The highest BCUT2D eigenvalue weighted by atomic mass is 16.5. The van der Waals surface area contributed by atoms with Crippen LogP contribution >= 0.6 is 0 Å². The Labute approximate surface area is 162 Å². The summed E-state index contributed by atoms with van der Waals surface area (Å²) in [6.45, 7) is 0.943. The number of benzene rings is 1. The molecule has 0 radical (unpaired) electrons. The molecule has 4 aromatic rings. The number of anilines is 2. The van der Waals surface area contributed by atoms with E-state index in [4.69, 9.17) is 14.8 Å². The number of rotatable bonds is 6. The fourth-order valence-corrected chi connectivity index (χ4v) is 3.27. The van der Waals surface area contributed by atoms with Crippen LogP contribution in [0.25, 0.3) is 22.4 Å². The van der Waals surface area contributed by atoms with Crippen LogP contribution in [-0.2, 0) is 6.54 Å². The van der Waals surface area contributed by atoms with Crippen molar-refractivity contribution in [1.29, 1.82) is 0 Å². The molecule has 3 aromatic heterocycles. The van der Waals surface area contributed by atoms with Gasteiger partial charge in [0.15, 0.2) is 17.4 Å². The minimum Gasteiger partial charge on any atom is -0.491 e. The van der Waals surface area contributed by atoms with Gasteiger partial charge < -0.3 is 10.1 Å². The second kappa shape index (κ2) is 6.92. The maximum absolute atomic E-state index is 5.43. The molecule has 7 heteroatoms. The first-order chi connectivity index (χ1) is 13.8. The summed E-state index contributed by atoms with van der Waals surface area (Å²) in [4.78, 5) is 13.3. The molecule has 28 heavy (non-hydrogen) atoms. The highest BCUT2D eigenvalue weighted by Crippen LogP contribution is 2.34. The molecule has 3 heterocycles. The van der Waals surface area contributed by atoms with Gasteiger partial charge in [-0.1, -0.05) is 18.2 Å². The van der Waals surface area contributed by atoms with Gasteiger partial charge in [-0.25, -0.2) is 9.97 Å². The fourth-order valence-electron chi connectivity index (χ4n) is 3.27. The van der Waals surface area contributed by atoms with Gasteiger partial charge in [0.1, 0.15) is 5.69 Å². The summed E-state index contributed by atoms with van der Waals surface area (Å²) < 4.78 is 7.52. The molecule has 1 aliphatic carbocycles. The average molecular weight is 372 g/mol. The van der Waals surface area contributed by atoms with E-state index in [2.05, 4.69) is 32.1 Å². The molecule has 1 fully saturated rings. The van der Waals surface area contributed by atoms with Crippen molar-refractivity contribution in [1.82, 2.24) is 24.7 Å². The standard InChI is InChI=1S/C21H20N6O/c1-28-18-12-23-21(25-20(18)24-15-8-10-22-11-9-15)19-16-4-2-3-5-17(16)27(26-19)13-14-6-7-14/h2-5,8-12,14H,6-7,13H2,1H3,(H,22,23,24,25). The molecule has 140 valence electrons. The molecule has 1 saturated carbocycles. The van der Waals surface area contributed by atoms with E-state index in [1.807, 2.05) is 24.3 Å². The first kappa shape index (κ1) is 16.7. The van der Waals surface area contributed by atoms with Crippen LogP contribution < -0.4 is 10.1 Å². The van der Waals surface area contributed by atoms with Gasteiger partial charge in [0.25, 0.3) is 0 Å². The highest BCUT2D eigenvalue weighted by Gasteiger charge is 2.24. The molecule has 0 atom stereocenters. The normalized spacial score (nSPS) is 13.6. The van der Waals surface area contributed by atoms with Gasteiger partial charge in [0.2, 0.25) is 0 Å². The minimum atomic E-state index is 0.572. The molecule has 0 aliphatic heterocycles. The van der Waals surface area contributed by atoms with Crippen molar-refractivity contribution in [2.75, 3.05) is 12.4 Å². The van der Waals surface area contributed by atoms with E-state index in [9.17, 15) is 0 Å². The van der Waals surface area contributed by atoms with Crippen LogP contribution in [0.15, 0.2) is 55.0 Å². The third-order valence-electron chi connectivity index (χ3n) is 4.92. The van der Waals surface area contributed by atoms with Crippen molar-refractivity contribution in [2.24, 2.45) is 5.92 Å². The van der Waals surface area contributed by atoms with Crippen LogP contribution in [0.2, 0.25) is 0 Å². The molecular weight excluding hydrogens is 352 g/mol. The topological polar surface area (TPSA) is 77.8 Å². The molecule has 7 nitrogen and oxygen atoms in total. The number of nitrogens with one attached hydrogen (secondary N) is 1. The van der Waals surface area contributed by atoms with Crippen LogP contribution in [0.3, 0.4) is 0 Å². The zero-order valence-corrected chi connectivity index (χ0v) is 15.5. The highest BCUT2D eigenvalue weighted by molar-refractivity contribution is 5.91. The van der Waals surface area contributed by atoms with Gasteiger partial charge in [0, 0.05) is 30.0 Å². The van der Waals surface area contributed by atoms with Crippen molar-refractivity contribution in [3.8, 4) is 17.3 Å². The number of ether oxygens (including phenoxy) is 1. The lowest BCUT2D eigenvalue weighted by molar-refractivity contribution is 0.413. The summed E-state index contributed by atoms with van der Waals surface area (Å²) in [6, 6.07) is 12.0. The summed E-state index contributed by atoms with van der Waals surface area (Å²) in [5, 5.41) is 9.19. The largest absolute Gasteiger partial charge is 0.491 e. The SMILES string of the molecule is COc1cnc(-c2nn(CC3CC3)c3ccccc23)nc1Nc1ccncc1. The summed E-state index contributed by atoms with van der Waals surface area (Å²) in [6.07, 6.45) is 7.69. The van der Waals surface area contributed by atoms with Gasteiger partial charge in [0.05, 0.1) is 18.8 Å². The van der Waals surface area contributed by atoms with E-state index < -0.39 is 0 Å². The molecule has 0 bridgehead atoms. The minimum absolute atomic E-state index is 0.572. The summed E-state index contributed by atoms with van der Waals surface area (Å²) in [5.74, 6) is 2.47. The molecule has 0 saturated heterocycles. The number of nitrogens with zero attached hydrogens (tertiary/aromatic N) is 5. The fraction of sp³-hybridized carbons (Fsp3) is 0.238. The monoisotopic (exact) mass is 372 g/mol. The van der Waals surface area contributed by atoms with Crippen molar-refractivity contribution < 1.29 is 4.74 Å². The average Bonchev–Trinajstić information content (AvgIpc) is 3.49. The molecule has 5 rings (SSSR count). The third-order valence-corrected chi connectivity index (χ3v) is 4.92. The molecule has 1 aromatic carbocycles. The lowest BCUT2D eigenvalue weighted by Crippen LogP contribution is -2.03. The van der Waals surface area contributed by atoms with Crippen molar-refractivity contribution >= 4 is 22.4 Å². The van der Waals surface area contributed by atoms with Crippen molar-refractivity contribution in [3.05, 3.63) is 55.0 Å². The number of hydrogen-bond acceptors (Lipinski definition) is 6. The Morgan fingerprint density at radius 2 is 1.96 bits per heavy atom. The van der Waals surface area contributed by atoms with Crippen LogP contribution in [0.4, 0.5) is 11.5 Å². The Morgan fingerprint density at radius 3 is 2.75 bits per heavy atom. The van der Waals surface area contributed by atoms with Gasteiger partial charge in [-0.3, -0.25) is 9.67 Å². The number of methoxy groups -OCH3 is 1. The Morgan fingerprint density at radius 1 is 1.14 bits per heavy atom. The Hall–Kier alpha value is -3.48. The Bertz CT molecular complexity index is 1120. The Balaban J connectivity index is 1.58. The smallest absolute Gasteiger partial charge is 0.183 e. The van der Waals surface area contributed by atoms with E-state index in [0.29, 0.717) is 17.4 Å². The molecule has 0 spiro atoms. The maximum atomic E-state index is 5.43. The number of fused-ring (bicyclic) bond motifs is 1. The molecule has 0 amide bonds. The maximum Gasteiger partial charge on any atom is 0.183 e. The van der Waals surface area contributed by atoms with E-state index in [1.54, 1.807) is 25.7 Å². The summed E-state index contributed by atoms with van der Waals surface area (Å²) in [7, 11) is 1.61. The first-order valence-electron chi connectivity index (χ1n) is 9.36. The van der Waals surface area contributed by atoms with E-state index in [1.165, 1.54) is 12.8 Å². The zero-order valence-electron chi connectivity index (χ0n) is 15.5. The number of aromatic nitrogens is 5. The van der Waals surface area contributed by atoms with Crippen LogP contribution in [0, 0.1) is 5.92 Å². The molecule has 1 aliphatic rings. The molecule has 0 unspecified atom stereocenters. The predicted octanol–water partition coefficient (Wildman–Crippen LogP) is 4.05. The van der Waals surface area contributed by atoms with Crippen LogP contribution in [0.1, 0.15) is 12.8 Å². The summed E-state index contributed by atoms with van der Waals surface area (Å²) in [5.41, 5.74) is 2.78. The number of hydrogen-bond donors (Lipinski definition) is 1. The van der Waals surface area contributed by atoms with Crippen LogP contribution in [-0.4, -0.2) is 31.8 Å². The lowest BCUT2D eigenvalue weighted by atomic mass is 10.2. The van der Waals surface area contributed by atoms with Gasteiger partial charge in [-0.2, -0.15) is 5.10 Å². The quantitative estimate of drug-likeness (QED) is 0.550. The zero-order chi connectivity index (χ0) is 18.9. The van der Waals surface area contributed by atoms with Gasteiger partial charge in [-0.05, 0) is 37.0 Å². The van der Waals surface area contributed by atoms with Crippen LogP contribution in [0.5, 0.6) is 5.75 Å². The Kier molecular flexibility index (Phi) is 4.12. The first-order valence-corrected chi connectivity index (χ1v) is 9.36. The molecule has 1 N–H and O–H groups in total. The number of pyridine rings is 1. The van der Waals surface area contributed by atoms with Gasteiger partial charge >= 0.3 is 0 Å². The van der Waals surface area contributed by atoms with E-state index in [0.717, 1.165) is 34.7 Å². The second-order valence-corrected chi connectivity index (χ2v) is 6.96. The second-order valence-electron chi connectivity index (χ2n) is 6.96. The molecular formula is C21H20N6O. The van der Waals surface area contributed by atoms with Crippen molar-refractivity contribution in [2.45, 2.75) is 19.4 Å². The predicted molar refractivity (Wildman–Crippen MR) is 108 cm³/mol. The van der Waals surface area contributed by atoms with E-state index in [-0.39, 0.29) is 0 Å². The van der Waals surface area contributed by atoms with Gasteiger partial charge in [-0.15, -0.1) is 0 Å². The van der Waals surface area contributed by atoms with E-state index >= 15 is 0 Å². The third kappa shape index (κ3) is 3.15. The lowest BCUT2D eigenvalue weighted by Gasteiger charge is -2.10.